The minimum absolute atomic E-state index is 0.0109. The first-order valence-corrected chi connectivity index (χ1v) is 8.55. The molecular formula is C19H24N4O2. The van der Waals surface area contributed by atoms with E-state index in [0.717, 1.165) is 37.6 Å². The Morgan fingerprint density at radius 2 is 2.32 bits per heavy atom. The van der Waals surface area contributed by atoms with Crippen LogP contribution in [0.25, 0.3) is 0 Å². The number of ether oxygens (including phenoxy) is 1. The summed E-state index contributed by atoms with van der Waals surface area (Å²) in [4.78, 5) is 18.9. The van der Waals surface area contributed by atoms with Crippen LogP contribution in [0.3, 0.4) is 0 Å². The van der Waals surface area contributed by atoms with Crippen LogP contribution in [0.5, 0.6) is 5.75 Å². The summed E-state index contributed by atoms with van der Waals surface area (Å²) >= 11 is 0. The molecule has 0 aliphatic carbocycles. The minimum atomic E-state index is 0.0109. The van der Waals surface area contributed by atoms with E-state index < -0.39 is 0 Å². The summed E-state index contributed by atoms with van der Waals surface area (Å²) in [5.41, 5.74) is 1.94. The second-order valence-corrected chi connectivity index (χ2v) is 6.07. The lowest BCUT2D eigenvalue weighted by molar-refractivity contribution is -0.116. The van der Waals surface area contributed by atoms with Crippen molar-refractivity contribution < 1.29 is 9.53 Å². The molecule has 0 spiro atoms. The van der Waals surface area contributed by atoms with Crippen molar-refractivity contribution in [3.8, 4) is 5.75 Å². The van der Waals surface area contributed by atoms with Crippen molar-refractivity contribution in [1.29, 1.82) is 0 Å². The van der Waals surface area contributed by atoms with Gasteiger partial charge < -0.3 is 15.4 Å². The van der Waals surface area contributed by atoms with Crippen LogP contribution >= 0.6 is 0 Å². The van der Waals surface area contributed by atoms with Gasteiger partial charge in [0.05, 0.1) is 7.11 Å². The molecule has 25 heavy (non-hydrogen) atoms. The summed E-state index contributed by atoms with van der Waals surface area (Å²) in [6.45, 7) is 3.46. The van der Waals surface area contributed by atoms with E-state index in [-0.39, 0.29) is 11.9 Å². The fraction of sp³-hybridized carbons (Fsp3) is 0.368. The number of hydrogen-bond donors (Lipinski definition) is 2. The maximum absolute atomic E-state index is 12.3. The molecule has 1 aromatic carbocycles. The Morgan fingerprint density at radius 3 is 3.12 bits per heavy atom. The van der Waals surface area contributed by atoms with Gasteiger partial charge in [0.15, 0.2) is 0 Å². The molecule has 1 unspecified atom stereocenters. The maximum Gasteiger partial charge on any atom is 0.225 e. The number of aromatic nitrogens is 1. The number of amides is 1. The van der Waals surface area contributed by atoms with E-state index >= 15 is 0 Å². The Labute approximate surface area is 148 Å². The molecule has 2 N–H and O–H groups in total. The van der Waals surface area contributed by atoms with Crippen molar-refractivity contribution in [3.63, 3.8) is 0 Å². The van der Waals surface area contributed by atoms with Crippen molar-refractivity contribution in [1.82, 2.24) is 15.2 Å². The standard InChI is InChI=1S/C19H24N4O2/c1-25-17-6-2-5-16(12-17)22-19(24)7-10-23-11-9-21-14-18(23)15-4-3-8-20-13-15/h2-6,8,12-13,18,21H,7,9-11,14H2,1H3,(H,22,24). The second kappa shape index (κ2) is 8.60. The molecule has 2 aromatic rings. The number of hydrogen-bond acceptors (Lipinski definition) is 5. The Kier molecular flexibility index (Phi) is 5.98. The molecule has 1 amide bonds. The SMILES string of the molecule is COc1cccc(NC(=O)CCN2CCNCC2c2cccnc2)c1. The third-order valence-electron chi connectivity index (χ3n) is 4.40. The zero-order valence-corrected chi connectivity index (χ0v) is 14.4. The van der Waals surface area contributed by atoms with Crippen LogP contribution in [-0.4, -0.2) is 49.1 Å². The predicted molar refractivity (Wildman–Crippen MR) is 97.7 cm³/mol. The molecule has 1 atom stereocenters. The van der Waals surface area contributed by atoms with Gasteiger partial charge >= 0.3 is 0 Å². The molecule has 1 aliphatic rings. The summed E-state index contributed by atoms with van der Waals surface area (Å²) in [5, 5.41) is 6.36. The lowest BCUT2D eigenvalue weighted by Gasteiger charge is -2.36. The van der Waals surface area contributed by atoms with Gasteiger partial charge in [-0.3, -0.25) is 14.7 Å². The quantitative estimate of drug-likeness (QED) is 0.843. The normalized spacial score (nSPS) is 17.9. The molecule has 1 saturated heterocycles. The van der Waals surface area contributed by atoms with E-state index in [4.69, 9.17) is 4.74 Å². The predicted octanol–water partition coefficient (Wildman–Crippen LogP) is 2.07. The van der Waals surface area contributed by atoms with Crippen molar-refractivity contribution >= 4 is 11.6 Å². The maximum atomic E-state index is 12.3. The van der Waals surface area contributed by atoms with Gasteiger partial charge in [-0.1, -0.05) is 12.1 Å². The molecule has 1 aliphatic heterocycles. The number of nitrogens with zero attached hydrogens (tertiary/aromatic N) is 2. The monoisotopic (exact) mass is 340 g/mol. The van der Waals surface area contributed by atoms with E-state index in [1.165, 1.54) is 5.56 Å². The molecule has 6 heteroatoms. The topological polar surface area (TPSA) is 66.5 Å². The van der Waals surface area contributed by atoms with E-state index in [2.05, 4.69) is 26.6 Å². The molecule has 0 bridgehead atoms. The van der Waals surface area contributed by atoms with Gasteiger partial charge in [0.2, 0.25) is 5.91 Å². The highest BCUT2D eigenvalue weighted by molar-refractivity contribution is 5.91. The van der Waals surface area contributed by atoms with Gasteiger partial charge in [-0.2, -0.15) is 0 Å². The zero-order valence-electron chi connectivity index (χ0n) is 14.4. The smallest absolute Gasteiger partial charge is 0.225 e. The molecule has 6 nitrogen and oxygen atoms in total. The number of rotatable bonds is 6. The third-order valence-corrected chi connectivity index (χ3v) is 4.40. The second-order valence-electron chi connectivity index (χ2n) is 6.07. The zero-order chi connectivity index (χ0) is 17.5. The summed E-state index contributed by atoms with van der Waals surface area (Å²) in [6.07, 6.45) is 4.14. The van der Waals surface area contributed by atoms with Gasteiger partial charge in [-0.05, 0) is 23.8 Å². The highest BCUT2D eigenvalue weighted by atomic mass is 16.5. The highest BCUT2D eigenvalue weighted by Crippen LogP contribution is 2.22. The Balaban J connectivity index is 1.56. The Bertz CT molecular complexity index is 693. The number of pyridine rings is 1. The number of carbonyl (C=O) groups is 1. The lowest BCUT2D eigenvalue weighted by atomic mass is 10.1. The van der Waals surface area contributed by atoms with E-state index in [1.54, 1.807) is 13.3 Å². The molecule has 2 heterocycles. The molecule has 132 valence electrons. The average Bonchev–Trinajstić information content (AvgIpc) is 2.67. The van der Waals surface area contributed by atoms with Crippen LogP contribution < -0.4 is 15.4 Å². The third kappa shape index (κ3) is 4.78. The van der Waals surface area contributed by atoms with Gasteiger partial charge in [0.1, 0.15) is 5.75 Å². The van der Waals surface area contributed by atoms with Crippen LogP contribution in [0, 0.1) is 0 Å². The van der Waals surface area contributed by atoms with E-state index in [9.17, 15) is 4.79 Å². The average molecular weight is 340 g/mol. The Hall–Kier alpha value is -2.44. The van der Waals surface area contributed by atoms with Crippen LogP contribution in [0.2, 0.25) is 0 Å². The molecule has 1 fully saturated rings. The summed E-state index contributed by atoms with van der Waals surface area (Å²) in [7, 11) is 1.61. The number of nitrogens with one attached hydrogen (secondary N) is 2. The van der Waals surface area contributed by atoms with Gasteiger partial charge in [-0.25, -0.2) is 0 Å². The molecule has 0 radical (unpaired) electrons. The highest BCUT2D eigenvalue weighted by Gasteiger charge is 2.24. The van der Waals surface area contributed by atoms with Crippen LogP contribution in [-0.2, 0) is 4.79 Å². The number of benzene rings is 1. The lowest BCUT2D eigenvalue weighted by Crippen LogP contribution is -2.46. The number of anilines is 1. The number of piperazine rings is 1. The van der Waals surface area contributed by atoms with Gasteiger partial charge in [0, 0.05) is 62.8 Å². The summed E-state index contributed by atoms with van der Waals surface area (Å²) in [5.74, 6) is 0.744. The van der Waals surface area contributed by atoms with Crippen molar-refractivity contribution in [2.45, 2.75) is 12.5 Å². The summed E-state index contributed by atoms with van der Waals surface area (Å²) in [6, 6.07) is 11.7. The Morgan fingerprint density at radius 1 is 1.40 bits per heavy atom. The fourth-order valence-corrected chi connectivity index (χ4v) is 3.09. The number of methoxy groups -OCH3 is 1. The largest absolute Gasteiger partial charge is 0.497 e. The molecular weight excluding hydrogens is 316 g/mol. The van der Waals surface area contributed by atoms with Crippen LogP contribution in [0.4, 0.5) is 5.69 Å². The van der Waals surface area contributed by atoms with Crippen molar-refractivity contribution in [2.24, 2.45) is 0 Å². The first kappa shape index (κ1) is 17.4. The number of carbonyl (C=O) groups excluding carboxylic acids is 1. The summed E-state index contributed by atoms with van der Waals surface area (Å²) < 4.78 is 5.18. The molecule has 1 aromatic heterocycles. The van der Waals surface area contributed by atoms with E-state index in [1.807, 2.05) is 36.5 Å². The fourth-order valence-electron chi connectivity index (χ4n) is 3.09. The van der Waals surface area contributed by atoms with Crippen molar-refractivity contribution in [3.05, 3.63) is 54.4 Å². The van der Waals surface area contributed by atoms with Crippen LogP contribution in [0.15, 0.2) is 48.8 Å². The van der Waals surface area contributed by atoms with Crippen molar-refractivity contribution in [2.75, 3.05) is 38.6 Å². The van der Waals surface area contributed by atoms with Gasteiger partial charge in [-0.15, -0.1) is 0 Å². The first-order valence-electron chi connectivity index (χ1n) is 8.55. The molecule has 3 rings (SSSR count). The van der Waals surface area contributed by atoms with Crippen LogP contribution in [0.1, 0.15) is 18.0 Å². The van der Waals surface area contributed by atoms with Gasteiger partial charge in [0.25, 0.3) is 0 Å². The minimum Gasteiger partial charge on any atom is -0.497 e. The van der Waals surface area contributed by atoms with E-state index in [0.29, 0.717) is 6.42 Å². The molecule has 0 saturated carbocycles. The first-order chi connectivity index (χ1) is 12.3.